The molecular weight excluding hydrogens is 194 g/mol. The van der Waals surface area contributed by atoms with Gasteiger partial charge in [0.2, 0.25) is 0 Å². The maximum absolute atomic E-state index is 3.56. The molecular formula is C12H17ClN-. The normalized spacial score (nSPS) is 24.5. The molecule has 1 N–H and O–H groups in total. The van der Waals surface area contributed by atoms with E-state index in [1.165, 1.54) is 23.2 Å². The van der Waals surface area contributed by atoms with E-state index < -0.39 is 0 Å². The third-order valence-corrected chi connectivity index (χ3v) is 2.93. The zero-order chi connectivity index (χ0) is 9.42. The molecule has 0 radical (unpaired) electrons. The zero-order valence-corrected chi connectivity index (χ0v) is 9.73. The first kappa shape index (κ1) is 11.4. The quantitative estimate of drug-likeness (QED) is 0.650. The Balaban J connectivity index is 0.000000980. The van der Waals surface area contributed by atoms with Crippen molar-refractivity contribution in [1.82, 2.24) is 0 Å². The van der Waals surface area contributed by atoms with Crippen LogP contribution in [0.5, 0.6) is 0 Å². The molecule has 0 bridgehead atoms. The molecule has 1 aromatic rings. The highest BCUT2D eigenvalue weighted by atomic mass is 35.5. The molecule has 0 aliphatic carbocycles. The van der Waals surface area contributed by atoms with Gasteiger partial charge in [0, 0.05) is 11.7 Å². The lowest BCUT2D eigenvalue weighted by molar-refractivity contribution is -0.00000290. The first-order valence-corrected chi connectivity index (χ1v) is 5.04. The summed E-state index contributed by atoms with van der Waals surface area (Å²) in [5.74, 6) is 0.700. The van der Waals surface area contributed by atoms with Crippen LogP contribution in [0.2, 0.25) is 0 Å². The molecule has 1 heterocycles. The molecule has 2 unspecified atom stereocenters. The van der Waals surface area contributed by atoms with E-state index in [1.54, 1.807) is 0 Å². The largest absolute Gasteiger partial charge is 1.00 e. The maximum atomic E-state index is 3.56. The topological polar surface area (TPSA) is 12.0 Å². The van der Waals surface area contributed by atoms with Gasteiger partial charge in [-0.05, 0) is 37.3 Å². The molecule has 1 aliphatic heterocycles. The number of benzene rings is 1. The lowest BCUT2D eigenvalue weighted by Crippen LogP contribution is -3.00. The molecule has 78 valence electrons. The summed E-state index contributed by atoms with van der Waals surface area (Å²) < 4.78 is 0. The summed E-state index contributed by atoms with van der Waals surface area (Å²) in [7, 11) is 0. The fraction of sp³-hybridized carbons (Fsp3) is 0.500. The van der Waals surface area contributed by atoms with Crippen LogP contribution < -0.4 is 17.7 Å². The molecule has 1 aliphatic rings. The second-order valence-corrected chi connectivity index (χ2v) is 4.22. The number of nitrogens with one attached hydrogen (secondary N) is 1. The van der Waals surface area contributed by atoms with Crippen LogP contribution in [0, 0.1) is 6.92 Å². The van der Waals surface area contributed by atoms with Gasteiger partial charge in [-0.3, -0.25) is 0 Å². The van der Waals surface area contributed by atoms with Crippen molar-refractivity contribution in [3.05, 3.63) is 29.3 Å². The summed E-state index contributed by atoms with van der Waals surface area (Å²) in [5, 5.41) is 3.56. The SMILES string of the molecule is Cc1cccc2c1NC(C)CC2C.[Cl-]. The van der Waals surface area contributed by atoms with Gasteiger partial charge in [0.1, 0.15) is 0 Å². The lowest BCUT2D eigenvalue weighted by atomic mass is 9.87. The Bertz CT molecular complexity index is 322. The van der Waals surface area contributed by atoms with Crippen molar-refractivity contribution in [3.63, 3.8) is 0 Å². The van der Waals surface area contributed by atoms with Crippen LogP contribution in [0.3, 0.4) is 0 Å². The van der Waals surface area contributed by atoms with E-state index in [1.807, 2.05) is 0 Å². The second-order valence-electron chi connectivity index (χ2n) is 4.22. The number of fused-ring (bicyclic) bond motifs is 1. The average Bonchev–Trinajstić information content (AvgIpc) is 2.07. The highest BCUT2D eigenvalue weighted by Crippen LogP contribution is 2.35. The summed E-state index contributed by atoms with van der Waals surface area (Å²) in [6.07, 6.45) is 1.25. The van der Waals surface area contributed by atoms with Crippen LogP contribution in [0.25, 0.3) is 0 Å². The third-order valence-electron chi connectivity index (χ3n) is 2.93. The molecule has 0 saturated heterocycles. The second kappa shape index (κ2) is 4.22. The van der Waals surface area contributed by atoms with Crippen LogP contribution >= 0.6 is 0 Å². The van der Waals surface area contributed by atoms with Crippen LogP contribution in [-0.2, 0) is 0 Å². The van der Waals surface area contributed by atoms with Gasteiger partial charge in [0.05, 0.1) is 0 Å². The number of hydrogen-bond donors (Lipinski definition) is 1. The summed E-state index contributed by atoms with van der Waals surface area (Å²) in [5.41, 5.74) is 4.22. The number of rotatable bonds is 0. The Morgan fingerprint density at radius 3 is 2.71 bits per heavy atom. The van der Waals surface area contributed by atoms with Crippen LogP contribution in [-0.4, -0.2) is 6.04 Å². The highest BCUT2D eigenvalue weighted by Gasteiger charge is 2.21. The fourth-order valence-corrected chi connectivity index (χ4v) is 2.26. The zero-order valence-electron chi connectivity index (χ0n) is 8.97. The minimum Gasteiger partial charge on any atom is -1.00 e. The maximum Gasteiger partial charge on any atom is 0.0407 e. The van der Waals surface area contributed by atoms with Crippen LogP contribution in [0.4, 0.5) is 5.69 Å². The molecule has 2 heteroatoms. The highest BCUT2D eigenvalue weighted by molar-refractivity contribution is 5.60. The van der Waals surface area contributed by atoms with Crippen molar-refractivity contribution in [2.75, 3.05) is 5.32 Å². The summed E-state index contributed by atoms with van der Waals surface area (Å²) >= 11 is 0. The molecule has 0 saturated carbocycles. The molecule has 0 aromatic heterocycles. The Morgan fingerprint density at radius 1 is 1.29 bits per heavy atom. The predicted octanol–water partition coefficient (Wildman–Crippen LogP) is 0.307. The monoisotopic (exact) mass is 210 g/mol. The van der Waals surface area contributed by atoms with Crippen molar-refractivity contribution in [2.24, 2.45) is 0 Å². The van der Waals surface area contributed by atoms with E-state index in [4.69, 9.17) is 0 Å². The van der Waals surface area contributed by atoms with Crippen LogP contribution in [0.1, 0.15) is 37.3 Å². The predicted molar refractivity (Wildman–Crippen MR) is 57.3 cm³/mol. The molecule has 0 spiro atoms. The van der Waals surface area contributed by atoms with Gasteiger partial charge in [-0.25, -0.2) is 0 Å². The van der Waals surface area contributed by atoms with Crippen molar-refractivity contribution in [1.29, 1.82) is 0 Å². The number of hydrogen-bond acceptors (Lipinski definition) is 1. The fourth-order valence-electron chi connectivity index (χ4n) is 2.26. The van der Waals surface area contributed by atoms with Gasteiger partial charge in [-0.2, -0.15) is 0 Å². The van der Waals surface area contributed by atoms with Crippen molar-refractivity contribution < 1.29 is 12.4 Å². The van der Waals surface area contributed by atoms with E-state index in [2.05, 4.69) is 44.3 Å². The van der Waals surface area contributed by atoms with Gasteiger partial charge in [0.15, 0.2) is 0 Å². The molecule has 1 aromatic carbocycles. The van der Waals surface area contributed by atoms with Crippen molar-refractivity contribution in [3.8, 4) is 0 Å². The first-order chi connectivity index (χ1) is 6.18. The number of halogens is 1. The Labute approximate surface area is 92.3 Å². The van der Waals surface area contributed by atoms with Gasteiger partial charge in [-0.1, -0.05) is 25.1 Å². The summed E-state index contributed by atoms with van der Waals surface area (Å²) in [6, 6.07) is 7.19. The number of anilines is 1. The van der Waals surface area contributed by atoms with E-state index >= 15 is 0 Å². The number of para-hydroxylation sites is 1. The molecule has 2 atom stereocenters. The minimum absolute atomic E-state index is 0. The first-order valence-electron chi connectivity index (χ1n) is 5.04. The molecule has 0 fully saturated rings. The molecule has 0 amide bonds. The van der Waals surface area contributed by atoms with E-state index in [0.717, 1.165) is 0 Å². The van der Waals surface area contributed by atoms with Crippen molar-refractivity contribution >= 4 is 5.69 Å². The summed E-state index contributed by atoms with van der Waals surface area (Å²) in [6.45, 7) is 6.75. The van der Waals surface area contributed by atoms with Gasteiger partial charge < -0.3 is 17.7 Å². The standard InChI is InChI=1S/C12H17N.ClH/c1-8-5-4-6-11-9(2)7-10(3)13-12(8)11;/h4-6,9-10,13H,7H2,1-3H3;1H/p-1. The van der Waals surface area contributed by atoms with Gasteiger partial charge >= 0.3 is 0 Å². The smallest absolute Gasteiger partial charge is 0.0407 e. The molecule has 2 rings (SSSR count). The molecule has 14 heavy (non-hydrogen) atoms. The Morgan fingerprint density at radius 2 is 2.00 bits per heavy atom. The van der Waals surface area contributed by atoms with Gasteiger partial charge in [0.25, 0.3) is 0 Å². The lowest BCUT2D eigenvalue weighted by Gasteiger charge is -2.30. The number of aryl methyl sites for hydroxylation is 1. The minimum atomic E-state index is 0. The average molecular weight is 211 g/mol. The van der Waals surface area contributed by atoms with Crippen LogP contribution in [0.15, 0.2) is 18.2 Å². The Hall–Kier alpha value is -0.690. The Kier molecular flexibility index (Phi) is 3.43. The van der Waals surface area contributed by atoms with E-state index in [-0.39, 0.29) is 12.4 Å². The van der Waals surface area contributed by atoms with Gasteiger partial charge in [-0.15, -0.1) is 0 Å². The summed E-state index contributed by atoms with van der Waals surface area (Å²) in [4.78, 5) is 0. The molecule has 1 nitrogen and oxygen atoms in total. The van der Waals surface area contributed by atoms with E-state index in [0.29, 0.717) is 12.0 Å². The van der Waals surface area contributed by atoms with E-state index in [9.17, 15) is 0 Å². The van der Waals surface area contributed by atoms with Crippen molar-refractivity contribution in [2.45, 2.75) is 39.2 Å². The third kappa shape index (κ3) is 1.88.